The molecule has 0 unspecified atom stereocenters. The zero-order valence-electron chi connectivity index (χ0n) is 5.56. The molecule has 0 aliphatic carbocycles. The molecule has 0 atom stereocenters. The Kier molecular flexibility index (Phi) is 3.66. The summed E-state index contributed by atoms with van der Waals surface area (Å²) in [5.41, 5.74) is 0. The van der Waals surface area contributed by atoms with E-state index < -0.39 is 6.16 Å². The number of ether oxygens (including phenoxy) is 1. The summed E-state index contributed by atoms with van der Waals surface area (Å²) in [6.07, 6.45) is -1.29. The maximum atomic E-state index is 9.95. The standard InChI is InChI=1S/C7H6O3.FH/c8-7(9)10-6-4-2-1-3-5-6;/h1-5H,(H,8,9);1H. The van der Waals surface area contributed by atoms with Crippen LogP contribution in [-0.2, 0) is 0 Å². The molecule has 0 spiro atoms. The van der Waals surface area contributed by atoms with E-state index in [1.54, 1.807) is 30.3 Å². The lowest BCUT2D eigenvalue weighted by Gasteiger charge is -1.95. The monoisotopic (exact) mass is 158 g/mol. The number of hydrogen-bond acceptors (Lipinski definition) is 2. The van der Waals surface area contributed by atoms with Crippen LogP contribution in [0.4, 0.5) is 9.50 Å². The van der Waals surface area contributed by atoms with E-state index in [0.717, 1.165) is 0 Å². The first-order chi connectivity index (χ1) is 4.79. The van der Waals surface area contributed by atoms with Crippen LogP contribution >= 0.6 is 0 Å². The number of para-hydroxylation sites is 1. The van der Waals surface area contributed by atoms with Gasteiger partial charge in [0.15, 0.2) is 0 Å². The largest absolute Gasteiger partial charge is 0.511 e. The third-order valence-electron chi connectivity index (χ3n) is 0.948. The van der Waals surface area contributed by atoms with Gasteiger partial charge in [0.2, 0.25) is 0 Å². The van der Waals surface area contributed by atoms with Crippen LogP contribution in [0.1, 0.15) is 0 Å². The van der Waals surface area contributed by atoms with Gasteiger partial charge in [0, 0.05) is 0 Å². The molecule has 1 aromatic carbocycles. The lowest BCUT2D eigenvalue weighted by molar-refractivity contribution is 0.144. The highest BCUT2D eigenvalue weighted by molar-refractivity contribution is 5.60. The second-order valence-corrected chi connectivity index (χ2v) is 1.68. The van der Waals surface area contributed by atoms with Crippen molar-refractivity contribution in [2.45, 2.75) is 0 Å². The molecule has 0 amide bonds. The maximum absolute atomic E-state index is 9.95. The molecule has 0 aliphatic heterocycles. The maximum Gasteiger partial charge on any atom is 0.511 e. The van der Waals surface area contributed by atoms with Crippen LogP contribution in [0, 0.1) is 0 Å². The molecular formula is C7H7FO3. The predicted octanol–water partition coefficient (Wildman–Crippen LogP) is 1.90. The molecule has 0 radical (unpaired) electrons. The summed E-state index contributed by atoms with van der Waals surface area (Å²) in [6.45, 7) is 0. The summed E-state index contributed by atoms with van der Waals surface area (Å²) in [5, 5.41) is 8.14. The van der Waals surface area contributed by atoms with Crippen LogP contribution < -0.4 is 4.74 Å². The predicted molar refractivity (Wildman–Crippen MR) is 37.6 cm³/mol. The minimum absolute atomic E-state index is 0. The van der Waals surface area contributed by atoms with Crippen molar-refractivity contribution in [3.8, 4) is 5.75 Å². The van der Waals surface area contributed by atoms with Gasteiger partial charge in [0.05, 0.1) is 0 Å². The molecule has 0 aliphatic rings. The second-order valence-electron chi connectivity index (χ2n) is 1.68. The summed E-state index contributed by atoms with van der Waals surface area (Å²) >= 11 is 0. The van der Waals surface area contributed by atoms with Gasteiger partial charge in [-0.1, -0.05) is 18.2 Å². The normalized spacial score (nSPS) is 8.00. The molecule has 0 heterocycles. The second kappa shape index (κ2) is 4.27. The van der Waals surface area contributed by atoms with E-state index in [-0.39, 0.29) is 4.70 Å². The molecule has 0 aromatic heterocycles. The fourth-order valence-electron chi connectivity index (χ4n) is 0.589. The minimum atomic E-state index is -1.29. The van der Waals surface area contributed by atoms with Crippen molar-refractivity contribution in [2.75, 3.05) is 0 Å². The van der Waals surface area contributed by atoms with Gasteiger partial charge in [-0.2, -0.15) is 0 Å². The van der Waals surface area contributed by atoms with E-state index >= 15 is 0 Å². The van der Waals surface area contributed by atoms with E-state index in [2.05, 4.69) is 4.74 Å². The summed E-state index contributed by atoms with van der Waals surface area (Å²) < 4.78 is 4.33. The Bertz CT molecular complexity index is 222. The van der Waals surface area contributed by atoms with Crippen LogP contribution in [0.15, 0.2) is 30.3 Å². The molecular weight excluding hydrogens is 151 g/mol. The molecule has 4 heteroatoms. The van der Waals surface area contributed by atoms with Gasteiger partial charge in [-0.25, -0.2) is 4.79 Å². The highest BCUT2D eigenvalue weighted by Crippen LogP contribution is 2.07. The first-order valence-corrected chi connectivity index (χ1v) is 2.75. The van der Waals surface area contributed by atoms with Gasteiger partial charge in [0.25, 0.3) is 0 Å². The van der Waals surface area contributed by atoms with Gasteiger partial charge < -0.3 is 9.84 Å². The molecule has 60 valence electrons. The van der Waals surface area contributed by atoms with Crippen LogP contribution in [0.3, 0.4) is 0 Å². The summed E-state index contributed by atoms with van der Waals surface area (Å²) in [4.78, 5) is 9.95. The van der Waals surface area contributed by atoms with Crippen molar-refractivity contribution in [1.29, 1.82) is 0 Å². The highest BCUT2D eigenvalue weighted by atomic mass is 19.0. The highest BCUT2D eigenvalue weighted by Gasteiger charge is 1.96. The average molecular weight is 158 g/mol. The molecule has 3 nitrogen and oxygen atoms in total. The lowest BCUT2D eigenvalue weighted by Crippen LogP contribution is -2.02. The zero-order chi connectivity index (χ0) is 7.40. The molecule has 1 rings (SSSR count). The van der Waals surface area contributed by atoms with Crippen LogP contribution in [-0.4, -0.2) is 11.3 Å². The van der Waals surface area contributed by atoms with Gasteiger partial charge >= 0.3 is 6.16 Å². The fraction of sp³-hybridized carbons (Fsp3) is 0. The Hall–Kier alpha value is -1.58. The topological polar surface area (TPSA) is 46.5 Å². The van der Waals surface area contributed by atoms with E-state index in [9.17, 15) is 4.79 Å². The smallest absolute Gasteiger partial charge is 0.449 e. The van der Waals surface area contributed by atoms with E-state index in [0.29, 0.717) is 5.75 Å². The van der Waals surface area contributed by atoms with Crippen molar-refractivity contribution in [3.05, 3.63) is 30.3 Å². The Labute approximate surface area is 62.6 Å². The third-order valence-corrected chi connectivity index (χ3v) is 0.948. The van der Waals surface area contributed by atoms with Gasteiger partial charge in [-0.15, -0.1) is 0 Å². The summed E-state index contributed by atoms with van der Waals surface area (Å²) in [7, 11) is 0. The molecule has 0 fully saturated rings. The average Bonchev–Trinajstić information content (AvgIpc) is 1.88. The van der Waals surface area contributed by atoms with E-state index in [4.69, 9.17) is 5.11 Å². The van der Waals surface area contributed by atoms with Crippen LogP contribution in [0.25, 0.3) is 0 Å². The first kappa shape index (κ1) is 9.42. The molecule has 0 bridgehead atoms. The zero-order valence-corrected chi connectivity index (χ0v) is 5.56. The van der Waals surface area contributed by atoms with E-state index in [1.165, 1.54) is 0 Å². The van der Waals surface area contributed by atoms with Gasteiger partial charge in [-0.3, -0.25) is 4.70 Å². The Morgan fingerprint density at radius 3 is 2.27 bits per heavy atom. The van der Waals surface area contributed by atoms with Crippen molar-refractivity contribution in [1.82, 2.24) is 0 Å². The molecule has 1 N–H and O–H groups in total. The minimum Gasteiger partial charge on any atom is -0.449 e. The fourth-order valence-corrected chi connectivity index (χ4v) is 0.589. The van der Waals surface area contributed by atoms with E-state index in [1.807, 2.05) is 0 Å². The Morgan fingerprint density at radius 2 is 1.82 bits per heavy atom. The third kappa shape index (κ3) is 3.20. The van der Waals surface area contributed by atoms with Crippen molar-refractivity contribution >= 4 is 6.16 Å². The lowest BCUT2D eigenvalue weighted by atomic mass is 10.3. The SMILES string of the molecule is F.O=C(O)Oc1ccccc1. The molecule has 0 saturated heterocycles. The number of halogens is 1. The number of hydrogen-bond donors (Lipinski definition) is 1. The van der Waals surface area contributed by atoms with Gasteiger partial charge in [0.1, 0.15) is 5.75 Å². The molecule has 11 heavy (non-hydrogen) atoms. The van der Waals surface area contributed by atoms with Crippen molar-refractivity contribution < 1.29 is 19.3 Å². The van der Waals surface area contributed by atoms with Crippen molar-refractivity contribution in [3.63, 3.8) is 0 Å². The quantitative estimate of drug-likeness (QED) is 0.501. The molecule has 0 saturated carbocycles. The van der Waals surface area contributed by atoms with Crippen molar-refractivity contribution in [2.24, 2.45) is 0 Å². The Balaban J connectivity index is 0.000001000. The summed E-state index contributed by atoms with van der Waals surface area (Å²) in [5.74, 6) is 0.343. The van der Waals surface area contributed by atoms with Crippen LogP contribution in [0.5, 0.6) is 5.75 Å². The number of carbonyl (C=O) groups is 1. The molecule has 1 aromatic rings. The first-order valence-electron chi connectivity index (χ1n) is 2.75. The van der Waals surface area contributed by atoms with Gasteiger partial charge in [-0.05, 0) is 12.1 Å². The number of benzene rings is 1. The summed E-state index contributed by atoms with van der Waals surface area (Å²) in [6, 6.07) is 8.35. The Morgan fingerprint density at radius 1 is 1.27 bits per heavy atom. The number of rotatable bonds is 1. The van der Waals surface area contributed by atoms with Crippen LogP contribution in [0.2, 0.25) is 0 Å². The number of carboxylic acid groups (broad SMARTS) is 1.